The van der Waals surface area contributed by atoms with Crippen LogP contribution in [0.4, 0.5) is 0 Å². The summed E-state index contributed by atoms with van der Waals surface area (Å²) in [4.78, 5) is 26.5. The monoisotopic (exact) mass is 290 g/mol. The fourth-order valence-corrected chi connectivity index (χ4v) is 2.31. The van der Waals surface area contributed by atoms with E-state index in [4.69, 9.17) is 0 Å². The third kappa shape index (κ3) is 2.71. The molecule has 1 rings (SSSR count). The topological polar surface area (TPSA) is 40.6 Å². The fourth-order valence-electron chi connectivity index (χ4n) is 1.58. The Balaban J connectivity index is 2.66. The van der Waals surface area contributed by atoms with Crippen molar-refractivity contribution in [2.75, 3.05) is 13.1 Å². The molecule has 2 amide bonds. The van der Waals surface area contributed by atoms with E-state index in [9.17, 15) is 9.59 Å². The van der Waals surface area contributed by atoms with Gasteiger partial charge in [0.05, 0.1) is 0 Å². The first-order chi connectivity index (χ1) is 7.63. The molecular formula is C11H18N2O2Se. The van der Waals surface area contributed by atoms with Gasteiger partial charge >= 0.3 is 104 Å². The molecule has 1 aliphatic heterocycles. The molecule has 1 heterocycles. The number of carbonyl (C=O) groups excluding carboxylic acids is 2. The number of hydrogen-bond donors (Lipinski definition) is 0. The van der Waals surface area contributed by atoms with Gasteiger partial charge in [-0.3, -0.25) is 0 Å². The van der Waals surface area contributed by atoms with E-state index in [1.165, 1.54) is 0 Å². The van der Waals surface area contributed by atoms with Crippen LogP contribution < -0.4 is 0 Å². The van der Waals surface area contributed by atoms with Gasteiger partial charge in [-0.2, -0.15) is 0 Å². The predicted octanol–water partition coefficient (Wildman–Crippen LogP) is 0.513. The number of unbranched alkanes of at least 4 members (excludes halogenated alkanes) is 2. The van der Waals surface area contributed by atoms with Gasteiger partial charge in [0, 0.05) is 0 Å². The standard InChI is InChI=1S/C11H18N2O2Se/c1-3-5-7-12-9(14)10(15)13(11(12)16)8-6-4-2/h3-8H2,1-2H3. The Morgan fingerprint density at radius 1 is 0.938 bits per heavy atom. The summed E-state index contributed by atoms with van der Waals surface area (Å²) in [6.45, 7) is 5.39. The molecule has 0 radical (unpaired) electrons. The number of amides is 2. The van der Waals surface area contributed by atoms with Crippen molar-refractivity contribution in [1.82, 2.24) is 9.80 Å². The van der Waals surface area contributed by atoms with Crippen molar-refractivity contribution >= 4 is 32.1 Å². The van der Waals surface area contributed by atoms with Gasteiger partial charge in [0.25, 0.3) is 0 Å². The van der Waals surface area contributed by atoms with Crippen molar-refractivity contribution in [2.24, 2.45) is 0 Å². The van der Waals surface area contributed by atoms with Crippen molar-refractivity contribution in [3.63, 3.8) is 0 Å². The second kappa shape index (κ2) is 6.16. The van der Waals surface area contributed by atoms with Crippen molar-refractivity contribution in [1.29, 1.82) is 0 Å². The summed E-state index contributed by atoms with van der Waals surface area (Å²) < 4.78 is 0.678. The Morgan fingerprint density at radius 3 is 1.62 bits per heavy atom. The molecular weight excluding hydrogens is 271 g/mol. The number of carbonyl (C=O) groups is 2. The summed E-state index contributed by atoms with van der Waals surface area (Å²) in [5.41, 5.74) is 0. The zero-order valence-electron chi connectivity index (χ0n) is 9.86. The fraction of sp³-hybridized carbons (Fsp3) is 0.727. The molecule has 0 N–H and O–H groups in total. The number of nitrogens with zero attached hydrogens (tertiary/aromatic N) is 2. The second-order valence-electron chi connectivity index (χ2n) is 3.90. The molecule has 0 aromatic heterocycles. The summed E-state index contributed by atoms with van der Waals surface area (Å²) in [7, 11) is 0. The first kappa shape index (κ1) is 13.4. The molecule has 0 aliphatic carbocycles. The van der Waals surface area contributed by atoms with E-state index in [1.54, 1.807) is 9.80 Å². The van der Waals surface area contributed by atoms with Crippen LogP contribution in [0.3, 0.4) is 0 Å². The van der Waals surface area contributed by atoms with Crippen LogP contribution in [0.15, 0.2) is 0 Å². The summed E-state index contributed by atoms with van der Waals surface area (Å²) in [5.74, 6) is -0.781. The maximum atomic E-state index is 11.7. The number of hydrogen-bond acceptors (Lipinski definition) is 2. The molecule has 4 nitrogen and oxygen atoms in total. The first-order valence-corrected chi connectivity index (χ1v) is 6.66. The summed E-state index contributed by atoms with van der Waals surface area (Å²) in [5, 5.41) is 0. The minimum absolute atomic E-state index is 0.390. The third-order valence-corrected chi connectivity index (χ3v) is 3.53. The van der Waals surface area contributed by atoms with E-state index in [2.05, 4.69) is 29.4 Å². The third-order valence-electron chi connectivity index (χ3n) is 2.61. The van der Waals surface area contributed by atoms with Gasteiger partial charge < -0.3 is 0 Å². The van der Waals surface area contributed by atoms with Crippen molar-refractivity contribution in [2.45, 2.75) is 39.5 Å². The van der Waals surface area contributed by atoms with Gasteiger partial charge in [0.2, 0.25) is 0 Å². The van der Waals surface area contributed by atoms with Gasteiger partial charge in [-0.25, -0.2) is 0 Å². The zero-order chi connectivity index (χ0) is 12.1. The van der Waals surface area contributed by atoms with Gasteiger partial charge in [-0.05, 0) is 0 Å². The molecule has 0 unspecified atom stereocenters. The zero-order valence-corrected chi connectivity index (χ0v) is 11.6. The molecule has 1 fully saturated rings. The Labute approximate surface area is 104 Å². The molecule has 0 bridgehead atoms. The van der Waals surface area contributed by atoms with Gasteiger partial charge in [-0.1, -0.05) is 0 Å². The Morgan fingerprint density at radius 2 is 1.31 bits per heavy atom. The second-order valence-corrected chi connectivity index (χ2v) is 4.67. The van der Waals surface area contributed by atoms with Crippen LogP contribution in [-0.4, -0.2) is 54.9 Å². The average molecular weight is 289 g/mol. The van der Waals surface area contributed by atoms with Crippen LogP contribution in [0, 0.1) is 0 Å². The molecule has 5 heteroatoms. The molecule has 0 spiro atoms. The maximum absolute atomic E-state index is 11.7. The summed E-state index contributed by atoms with van der Waals surface area (Å²) >= 11 is 2.84. The first-order valence-electron chi connectivity index (χ1n) is 5.80. The summed E-state index contributed by atoms with van der Waals surface area (Å²) in [6.07, 6.45) is 3.87. The summed E-state index contributed by atoms with van der Waals surface area (Å²) in [6, 6.07) is 0. The SMILES string of the molecule is CCCCN1C(=O)C(=O)N(CCCC)C1=[Se]. The molecule has 0 aromatic carbocycles. The van der Waals surface area contributed by atoms with Crippen molar-refractivity contribution in [3.8, 4) is 0 Å². The van der Waals surface area contributed by atoms with E-state index in [0.29, 0.717) is 17.8 Å². The Kier molecular flexibility index (Phi) is 5.16. The van der Waals surface area contributed by atoms with E-state index in [0.717, 1.165) is 25.7 Å². The Hall–Kier alpha value is -0.671. The van der Waals surface area contributed by atoms with Crippen LogP contribution in [-0.2, 0) is 9.59 Å². The Bertz CT molecular complexity index is 276. The quantitative estimate of drug-likeness (QED) is 0.528. The van der Waals surface area contributed by atoms with E-state index >= 15 is 0 Å². The van der Waals surface area contributed by atoms with Crippen LogP contribution in [0.25, 0.3) is 0 Å². The van der Waals surface area contributed by atoms with E-state index in [1.807, 2.05) is 0 Å². The van der Waals surface area contributed by atoms with Crippen molar-refractivity contribution < 1.29 is 9.59 Å². The van der Waals surface area contributed by atoms with Crippen molar-refractivity contribution in [3.05, 3.63) is 0 Å². The molecule has 1 aliphatic rings. The van der Waals surface area contributed by atoms with E-state index < -0.39 is 11.8 Å². The molecule has 0 saturated carbocycles. The minimum atomic E-state index is -0.390. The van der Waals surface area contributed by atoms with Gasteiger partial charge in [-0.15, -0.1) is 0 Å². The molecule has 0 aromatic rings. The molecule has 16 heavy (non-hydrogen) atoms. The van der Waals surface area contributed by atoms with Crippen LogP contribution in [0.5, 0.6) is 0 Å². The van der Waals surface area contributed by atoms with Crippen LogP contribution >= 0.6 is 0 Å². The van der Waals surface area contributed by atoms with Gasteiger partial charge in [0.1, 0.15) is 0 Å². The van der Waals surface area contributed by atoms with Gasteiger partial charge in [0.15, 0.2) is 0 Å². The normalized spacial score (nSPS) is 16.5. The molecule has 0 atom stereocenters. The molecule has 90 valence electrons. The average Bonchev–Trinajstić information content (AvgIpc) is 2.47. The molecule has 1 saturated heterocycles. The van der Waals surface area contributed by atoms with E-state index in [-0.39, 0.29) is 0 Å². The van der Waals surface area contributed by atoms with Crippen LogP contribution in [0.1, 0.15) is 39.5 Å². The number of rotatable bonds is 6. The van der Waals surface area contributed by atoms with Crippen LogP contribution in [0.2, 0.25) is 0 Å². The predicted molar refractivity (Wildman–Crippen MR) is 64.0 cm³/mol.